The first-order valence-corrected chi connectivity index (χ1v) is 7.01. The molecular formula is C13H25N5O. The summed E-state index contributed by atoms with van der Waals surface area (Å²) >= 11 is 0. The van der Waals surface area contributed by atoms with Gasteiger partial charge in [-0.25, -0.2) is 4.68 Å². The Morgan fingerprint density at radius 1 is 1.26 bits per heavy atom. The minimum Gasteiger partial charge on any atom is -0.391 e. The van der Waals surface area contributed by atoms with E-state index < -0.39 is 0 Å². The molecule has 0 radical (unpaired) electrons. The second-order valence-electron chi connectivity index (χ2n) is 5.33. The molecule has 0 bridgehead atoms. The molecule has 1 aromatic heterocycles. The van der Waals surface area contributed by atoms with E-state index in [-0.39, 0.29) is 5.56 Å². The molecule has 2 rings (SSSR count). The molecule has 108 valence electrons. The van der Waals surface area contributed by atoms with Crippen molar-refractivity contribution in [1.82, 2.24) is 14.3 Å². The number of aromatic nitrogens is 2. The van der Waals surface area contributed by atoms with Crippen LogP contribution in [0.2, 0.25) is 0 Å². The van der Waals surface area contributed by atoms with Crippen molar-refractivity contribution in [1.29, 1.82) is 0 Å². The normalized spacial score (nSPS) is 19.6. The van der Waals surface area contributed by atoms with Gasteiger partial charge < -0.3 is 15.5 Å². The van der Waals surface area contributed by atoms with Gasteiger partial charge >= 0.3 is 0 Å². The van der Waals surface area contributed by atoms with E-state index in [0.717, 1.165) is 31.9 Å². The van der Waals surface area contributed by atoms with Crippen molar-refractivity contribution in [3.63, 3.8) is 0 Å². The Morgan fingerprint density at radius 3 is 2.37 bits per heavy atom. The second-order valence-corrected chi connectivity index (χ2v) is 5.33. The Hall–Kier alpha value is -1.43. The van der Waals surface area contributed by atoms with Gasteiger partial charge in [0, 0.05) is 32.2 Å². The predicted molar refractivity (Wildman–Crippen MR) is 78.8 cm³/mol. The molecule has 1 aliphatic rings. The molecule has 0 aliphatic carbocycles. The van der Waals surface area contributed by atoms with Gasteiger partial charge in [0.2, 0.25) is 0 Å². The third-order valence-electron chi connectivity index (χ3n) is 4.03. The third kappa shape index (κ3) is 2.25. The van der Waals surface area contributed by atoms with Crippen LogP contribution in [-0.2, 0) is 13.1 Å². The molecule has 1 aromatic rings. The highest BCUT2D eigenvalue weighted by Crippen LogP contribution is 2.26. The molecule has 6 heteroatoms. The summed E-state index contributed by atoms with van der Waals surface area (Å²) in [6, 6.07) is 0.532. The summed E-state index contributed by atoms with van der Waals surface area (Å²) in [5.74, 6) is 0.902. The molecule has 1 fully saturated rings. The highest BCUT2D eigenvalue weighted by molar-refractivity contribution is 5.63. The monoisotopic (exact) mass is 267 g/mol. The maximum Gasteiger partial charge on any atom is 0.292 e. The summed E-state index contributed by atoms with van der Waals surface area (Å²) in [5.41, 5.74) is 6.38. The summed E-state index contributed by atoms with van der Waals surface area (Å²) in [6.45, 7) is 7.34. The number of hydrogen-bond donors (Lipinski definition) is 1. The SMILES string of the molecule is CCn1c(N2CCC(N(C)C)C2)c(N)c(=O)n1CC. The van der Waals surface area contributed by atoms with Gasteiger partial charge in [0.1, 0.15) is 5.69 Å². The first-order valence-electron chi connectivity index (χ1n) is 7.01. The maximum atomic E-state index is 12.2. The number of anilines is 2. The van der Waals surface area contributed by atoms with E-state index in [2.05, 4.69) is 23.9 Å². The molecule has 6 nitrogen and oxygen atoms in total. The zero-order valence-electron chi connectivity index (χ0n) is 12.4. The summed E-state index contributed by atoms with van der Waals surface area (Å²) in [7, 11) is 4.20. The number of nitrogens with two attached hydrogens (primary N) is 1. The lowest BCUT2D eigenvalue weighted by molar-refractivity contribution is 0.315. The Morgan fingerprint density at radius 2 is 1.89 bits per heavy atom. The minimum absolute atomic E-state index is 0.0624. The van der Waals surface area contributed by atoms with Crippen LogP contribution in [0.1, 0.15) is 20.3 Å². The lowest BCUT2D eigenvalue weighted by Crippen LogP contribution is -2.32. The van der Waals surface area contributed by atoms with Gasteiger partial charge in [-0.1, -0.05) is 0 Å². The summed E-state index contributed by atoms with van der Waals surface area (Å²) in [4.78, 5) is 16.6. The van der Waals surface area contributed by atoms with Crippen molar-refractivity contribution in [2.24, 2.45) is 0 Å². The fraction of sp³-hybridized carbons (Fsp3) is 0.769. The van der Waals surface area contributed by atoms with Crippen LogP contribution >= 0.6 is 0 Å². The average molecular weight is 267 g/mol. The van der Waals surface area contributed by atoms with E-state index in [0.29, 0.717) is 18.3 Å². The standard InChI is InChI=1S/C13H25N5O/c1-5-17-12(11(14)13(19)18(17)6-2)16-8-7-10(9-16)15(3)4/h10H,5-9,14H2,1-4H3. The Kier molecular flexibility index (Phi) is 3.89. The Bertz CT molecular complexity index is 502. The quantitative estimate of drug-likeness (QED) is 0.858. The molecule has 1 unspecified atom stereocenters. The number of nitrogens with zero attached hydrogens (tertiary/aromatic N) is 4. The van der Waals surface area contributed by atoms with Gasteiger partial charge in [0.05, 0.1) is 0 Å². The molecule has 1 aliphatic heterocycles. The van der Waals surface area contributed by atoms with Crippen LogP contribution in [0.5, 0.6) is 0 Å². The van der Waals surface area contributed by atoms with Crippen molar-refractivity contribution in [2.75, 3.05) is 37.8 Å². The average Bonchev–Trinajstić information content (AvgIpc) is 2.94. The number of nitrogen functional groups attached to an aromatic ring is 1. The molecule has 1 saturated heterocycles. The molecule has 19 heavy (non-hydrogen) atoms. The molecule has 2 heterocycles. The van der Waals surface area contributed by atoms with Crippen LogP contribution in [0.4, 0.5) is 11.5 Å². The molecule has 0 spiro atoms. The van der Waals surface area contributed by atoms with Crippen LogP contribution in [0.3, 0.4) is 0 Å². The molecule has 2 N–H and O–H groups in total. The summed E-state index contributed by atoms with van der Waals surface area (Å²) in [6.07, 6.45) is 1.11. The van der Waals surface area contributed by atoms with Gasteiger partial charge in [0.15, 0.2) is 5.82 Å². The van der Waals surface area contributed by atoms with Crippen molar-refractivity contribution < 1.29 is 0 Å². The topological polar surface area (TPSA) is 59.4 Å². The Balaban J connectivity index is 2.38. The number of hydrogen-bond acceptors (Lipinski definition) is 4. The van der Waals surface area contributed by atoms with Gasteiger partial charge in [-0.2, -0.15) is 0 Å². The minimum atomic E-state index is -0.0624. The first kappa shape index (κ1) is 14.0. The highest BCUT2D eigenvalue weighted by atomic mass is 16.1. The highest BCUT2D eigenvalue weighted by Gasteiger charge is 2.29. The van der Waals surface area contributed by atoms with Crippen LogP contribution in [-0.4, -0.2) is 47.5 Å². The summed E-state index contributed by atoms with van der Waals surface area (Å²) in [5, 5.41) is 0. The fourth-order valence-corrected chi connectivity index (χ4v) is 2.92. The predicted octanol–water partition coefficient (Wildman–Crippen LogP) is 0.412. The van der Waals surface area contributed by atoms with Gasteiger partial charge in [-0.15, -0.1) is 0 Å². The fourth-order valence-electron chi connectivity index (χ4n) is 2.92. The van der Waals surface area contributed by atoms with Crippen LogP contribution in [0, 0.1) is 0 Å². The second kappa shape index (κ2) is 5.28. The van der Waals surface area contributed by atoms with E-state index in [1.807, 2.05) is 18.5 Å². The van der Waals surface area contributed by atoms with Crippen molar-refractivity contribution in [2.45, 2.75) is 39.4 Å². The van der Waals surface area contributed by atoms with Crippen molar-refractivity contribution >= 4 is 11.5 Å². The molecule has 0 saturated carbocycles. The summed E-state index contributed by atoms with van der Waals surface area (Å²) < 4.78 is 3.74. The number of rotatable bonds is 4. The molecule has 0 amide bonds. The van der Waals surface area contributed by atoms with E-state index in [1.165, 1.54) is 0 Å². The van der Waals surface area contributed by atoms with E-state index in [4.69, 9.17) is 5.73 Å². The van der Waals surface area contributed by atoms with Crippen LogP contribution in [0.25, 0.3) is 0 Å². The van der Waals surface area contributed by atoms with Crippen molar-refractivity contribution in [3.8, 4) is 0 Å². The first-order chi connectivity index (χ1) is 9.01. The van der Waals surface area contributed by atoms with Gasteiger partial charge in [0.25, 0.3) is 5.56 Å². The van der Waals surface area contributed by atoms with Crippen LogP contribution < -0.4 is 16.2 Å². The van der Waals surface area contributed by atoms with Gasteiger partial charge in [-0.3, -0.25) is 9.48 Å². The molecule has 1 atom stereocenters. The van der Waals surface area contributed by atoms with E-state index in [1.54, 1.807) is 4.68 Å². The van der Waals surface area contributed by atoms with E-state index >= 15 is 0 Å². The third-order valence-corrected chi connectivity index (χ3v) is 4.03. The molecule has 0 aromatic carbocycles. The number of likely N-dealkylation sites (N-methyl/N-ethyl adjacent to an activating group) is 1. The zero-order chi connectivity index (χ0) is 14.2. The van der Waals surface area contributed by atoms with Crippen LogP contribution in [0.15, 0.2) is 4.79 Å². The van der Waals surface area contributed by atoms with E-state index in [9.17, 15) is 4.79 Å². The zero-order valence-corrected chi connectivity index (χ0v) is 12.4. The van der Waals surface area contributed by atoms with Gasteiger partial charge in [-0.05, 0) is 34.4 Å². The molecular weight excluding hydrogens is 242 g/mol. The lowest BCUT2D eigenvalue weighted by atomic mass is 10.2. The lowest BCUT2D eigenvalue weighted by Gasteiger charge is -2.23. The Labute approximate surface area is 114 Å². The van der Waals surface area contributed by atoms with Crippen molar-refractivity contribution in [3.05, 3.63) is 10.4 Å². The smallest absolute Gasteiger partial charge is 0.292 e. The maximum absolute atomic E-state index is 12.2. The largest absolute Gasteiger partial charge is 0.391 e.